The molecule has 1 aromatic carbocycles. The van der Waals surface area contributed by atoms with E-state index in [-0.39, 0.29) is 0 Å². The van der Waals surface area contributed by atoms with Crippen LogP contribution in [0.25, 0.3) is 10.9 Å². The highest BCUT2D eigenvalue weighted by Crippen LogP contribution is 2.20. The predicted octanol–water partition coefficient (Wildman–Crippen LogP) is 2.66. The van der Waals surface area contributed by atoms with E-state index < -0.39 is 0 Å². The number of aldehydes is 1. The average molecular weight is 185 g/mol. The third-order valence-corrected chi connectivity index (χ3v) is 2.41. The molecule has 1 heterocycles. The van der Waals surface area contributed by atoms with E-state index in [2.05, 4.69) is 4.98 Å². The van der Waals surface area contributed by atoms with Crippen molar-refractivity contribution in [3.8, 4) is 0 Å². The van der Waals surface area contributed by atoms with Crippen molar-refractivity contribution < 1.29 is 4.79 Å². The maximum Gasteiger partial charge on any atom is 0.150 e. The Morgan fingerprint density at radius 1 is 1.21 bits per heavy atom. The molecular formula is C12H11NO. The Bertz CT molecular complexity index is 503. The molecule has 0 N–H and O–H groups in total. The summed E-state index contributed by atoms with van der Waals surface area (Å²) in [4.78, 5) is 15.0. The lowest BCUT2D eigenvalue weighted by Crippen LogP contribution is -1.89. The number of carbonyl (C=O) groups is 1. The summed E-state index contributed by atoms with van der Waals surface area (Å²) in [5.74, 6) is 0. The van der Waals surface area contributed by atoms with Crippen molar-refractivity contribution in [2.24, 2.45) is 0 Å². The van der Waals surface area contributed by atoms with Crippen molar-refractivity contribution in [3.63, 3.8) is 0 Å². The van der Waals surface area contributed by atoms with Crippen LogP contribution in [0.1, 0.15) is 21.5 Å². The summed E-state index contributed by atoms with van der Waals surface area (Å²) in [5, 5.41) is 1.06. The molecule has 0 aliphatic heterocycles. The van der Waals surface area contributed by atoms with Crippen molar-refractivity contribution in [1.82, 2.24) is 4.98 Å². The van der Waals surface area contributed by atoms with Crippen molar-refractivity contribution >= 4 is 17.2 Å². The summed E-state index contributed by atoms with van der Waals surface area (Å²) in [7, 11) is 0. The molecule has 2 heteroatoms. The monoisotopic (exact) mass is 185 g/mol. The van der Waals surface area contributed by atoms with Crippen LogP contribution < -0.4 is 0 Å². The maximum absolute atomic E-state index is 10.7. The van der Waals surface area contributed by atoms with Crippen LogP contribution in [0.3, 0.4) is 0 Å². The zero-order valence-corrected chi connectivity index (χ0v) is 8.24. The van der Waals surface area contributed by atoms with Gasteiger partial charge in [-0.2, -0.15) is 0 Å². The second-order valence-corrected chi connectivity index (χ2v) is 3.48. The van der Waals surface area contributed by atoms with Gasteiger partial charge in [0.05, 0.1) is 5.52 Å². The zero-order valence-electron chi connectivity index (χ0n) is 8.24. The molecular weight excluding hydrogens is 174 g/mol. The summed E-state index contributed by atoms with van der Waals surface area (Å²) >= 11 is 0. The highest BCUT2D eigenvalue weighted by atomic mass is 16.1. The molecule has 0 unspecified atom stereocenters. The number of nitrogens with zero attached hydrogens (tertiary/aromatic N) is 1. The summed E-state index contributed by atoms with van der Waals surface area (Å²) in [5.41, 5.74) is 3.90. The minimum Gasteiger partial charge on any atom is -0.298 e. The van der Waals surface area contributed by atoms with Crippen molar-refractivity contribution in [2.75, 3.05) is 0 Å². The van der Waals surface area contributed by atoms with Gasteiger partial charge in [0.25, 0.3) is 0 Å². The normalized spacial score (nSPS) is 10.4. The number of aromatic nitrogens is 1. The molecule has 0 aliphatic rings. The van der Waals surface area contributed by atoms with Gasteiger partial charge < -0.3 is 0 Å². The first-order valence-corrected chi connectivity index (χ1v) is 4.53. The molecule has 2 nitrogen and oxygen atoms in total. The second kappa shape index (κ2) is 3.22. The quantitative estimate of drug-likeness (QED) is 0.639. The van der Waals surface area contributed by atoms with Gasteiger partial charge in [0, 0.05) is 17.1 Å². The first-order valence-electron chi connectivity index (χ1n) is 4.53. The summed E-state index contributed by atoms with van der Waals surface area (Å²) < 4.78 is 0. The number of carbonyl (C=O) groups excluding carboxylic acids is 1. The maximum atomic E-state index is 10.7. The first kappa shape index (κ1) is 8.88. The van der Waals surface area contributed by atoms with E-state index in [1.54, 1.807) is 6.20 Å². The Labute approximate surface area is 82.6 Å². The van der Waals surface area contributed by atoms with Gasteiger partial charge in [-0.25, -0.2) is 0 Å². The van der Waals surface area contributed by atoms with Crippen LogP contribution in [-0.4, -0.2) is 11.3 Å². The Hall–Kier alpha value is -1.70. The molecule has 1 aromatic heterocycles. The van der Waals surface area contributed by atoms with Gasteiger partial charge in [0.1, 0.15) is 6.29 Å². The number of aryl methyl sites for hydroxylation is 2. The summed E-state index contributed by atoms with van der Waals surface area (Å²) in [6.07, 6.45) is 2.67. The van der Waals surface area contributed by atoms with Crippen LogP contribution in [0.4, 0.5) is 0 Å². The summed E-state index contributed by atoms with van der Waals surface area (Å²) in [6.45, 7) is 4.00. The van der Waals surface area contributed by atoms with Crippen molar-refractivity contribution in [1.29, 1.82) is 0 Å². The number of benzene rings is 1. The minimum atomic E-state index is 0.714. The molecule has 0 atom stereocenters. The SMILES string of the molecule is Cc1ccnc2c(C)cc(C=O)cc12. The fourth-order valence-corrected chi connectivity index (χ4v) is 1.66. The lowest BCUT2D eigenvalue weighted by atomic mass is 10.0. The smallest absolute Gasteiger partial charge is 0.150 e. The Morgan fingerprint density at radius 2 is 2.00 bits per heavy atom. The van der Waals surface area contributed by atoms with Crippen LogP contribution in [0.5, 0.6) is 0 Å². The van der Waals surface area contributed by atoms with E-state index in [9.17, 15) is 4.79 Å². The molecule has 0 amide bonds. The average Bonchev–Trinajstić information content (AvgIpc) is 2.19. The second-order valence-electron chi connectivity index (χ2n) is 3.48. The molecule has 0 saturated carbocycles. The number of hydrogen-bond acceptors (Lipinski definition) is 2. The lowest BCUT2D eigenvalue weighted by Gasteiger charge is -2.04. The van der Waals surface area contributed by atoms with E-state index in [0.29, 0.717) is 5.56 Å². The van der Waals surface area contributed by atoms with E-state index in [0.717, 1.165) is 28.3 Å². The number of rotatable bonds is 1. The Balaban J connectivity index is 2.90. The van der Waals surface area contributed by atoms with Crippen LogP contribution >= 0.6 is 0 Å². The van der Waals surface area contributed by atoms with Gasteiger partial charge in [-0.1, -0.05) is 0 Å². The standard InChI is InChI=1S/C12H11NO/c1-8-3-4-13-12-9(2)5-10(7-14)6-11(8)12/h3-7H,1-2H3. The first-order chi connectivity index (χ1) is 6.72. The van der Waals surface area contributed by atoms with E-state index in [4.69, 9.17) is 0 Å². The molecule has 0 saturated heterocycles. The van der Waals surface area contributed by atoms with Gasteiger partial charge in [-0.05, 0) is 43.2 Å². The fraction of sp³-hybridized carbons (Fsp3) is 0.167. The van der Waals surface area contributed by atoms with Crippen molar-refractivity contribution in [2.45, 2.75) is 13.8 Å². The largest absolute Gasteiger partial charge is 0.298 e. The Kier molecular flexibility index (Phi) is 2.04. The zero-order chi connectivity index (χ0) is 10.1. The highest BCUT2D eigenvalue weighted by molar-refractivity contribution is 5.90. The summed E-state index contributed by atoms with van der Waals surface area (Å²) in [6, 6.07) is 5.70. The molecule has 0 fully saturated rings. The molecule has 0 aliphatic carbocycles. The van der Waals surface area contributed by atoms with E-state index >= 15 is 0 Å². The van der Waals surface area contributed by atoms with Gasteiger partial charge >= 0.3 is 0 Å². The van der Waals surface area contributed by atoms with Crippen LogP contribution in [0, 0.1) is 13.8 Å². The van der Waals surface area contributed by atoms with Gasteiger partial charge in [0.2, 0.25) is 0 Å². The molecule has 2 aromatic rings. The van der Waals surface area contributed by atoms with E-state index in [1.165, 1.54) is 0 Å². The van der Waals surface area contributed by atoms with Crippen LogP contribution in [-0.2, 0) is 0 Å². The number of pyridine rings is 1. The third kappa shape index (κ3) is 1.29. The topological polar surface area (TPSA) is 30.0 Å². The number of hydrogen-bond donors (Lipinski definition) is 0. The van der Waals surface area contributed by atoms with Crippen LogP contribution in [0.15, 0.2) is 24.4 Å². The number of fused-ring (bicyclic) bond motifs is 1. The molecule has 0 radical (unpaired) electrons. The molecule has 0 spiro atoms. The van der Waals surface area contributed by atoms with Crippen molar-refractivity contribution in [3.05, 3.63) is 41.1 Å². The molecule has 70 valence electrons. The molecule has 2 rings (SSSR count). The van der Waals surface area contributed by atoms with Crippen LogP contribution in [0.2, 0.25) is 0 Å². The molecule has 0 bridgehead atoms. The van der Waals surface area contributed by atoms with Gasteiger partial charge in [0.15, 0.2) is 0 Å². The highest BCUT2D eigenvalue weighted by Gasteiger charge is 2.03. The predicted molar refractivity (Wildman–Crippen MR) is 56.6 cm³/mol. The minimum absolute atomic E-state index is 0.714. The third-order valence-electron chi connectivity index (χ3n) is 2.41. The lowest BCUT2D eigenvalue weighted by molar-refractivity contribution is 0.112. The fourth-order valence-electron chi connectivity index (χ4n) is 1.66. The van der Waals surface area contributed by atoms with Gasteiger partial charge in [-0.3, -0.25) is 9.78 Å². The molecule has 14 heavy (non-hydrogen) atoms. The van der Waals surface area contributed by atoms with Gasteiger partial charge in [-0.15, -0.1) is 0 Å². The Morgan fingerprint density at radius 3 is 2.71 bits per heavy atom. The van der Waals surface area contributed by atoms with E-state index in [1.807, 2.05) is 32.0 Å².